The summed E-state index contributed by atoms with van der Waals surface area (Å²) in [4.78, 5) is 0. The molecule has 0 amide bonds. The maximum Gasteiger partial charge on any atom is 0.394 e. The average molecular weight is 1410 g/mol. The van der Waals surface area contributed by atoms with Crippen LogP contribution >= 0.6 is 0 Å². The Morgan fingerprint density at radius 2 is 0.582 bits per heavy atom. The highest BCUT2D eigenvalue weighted by molar-refractivity contribution is 5.20. The van der Waals surface area contributed by atoms with Crippen molar-refractivity contribution in [1.29, 1.82) is 0 Å². The number of hydrogen-bond acceptors (Lipinski definition) is 0. The maximum absolute atomic E-state index is 13.1. The van der Waals surface area contributed by atoms with Crippen molar-refractivity contribution in [2.75, 3.05) is 0 Å². The molecule has 0 aromatic rings. The van der Waals surface area contributed by atoms with Crippen molar-refractivity contribution in [1.82, 2.24) is 0 Å². The highest BCUT2D eigenvalue weighted by atomic mass is 19.4. The molecule has 0 aliphatic heterocycles. The SMILES string of the molecule is C.CC1C(C(F)(F)F)C(C)[C@@H](C)C(C(F)(F)F)C1C(F)(F)F.CC1C(F)(F)C(F)(F)C(C)(F)C(F)(F)C1(F)F.CC1C(F)C(F)C(C)C(F)C1F.CC1CC(C(F)(F)F)C(C)C(C(F)(F)F)C1.CC1CC(C(F)(F)F)C[C@@H](C)C1.CC1[C@H]2CC[C@@H]1C2(C)C(F)(F)F. The summed E-state index contributed by atoms with van der Waals surface area (Å²) in [7, 11) is 0. The topological polar surface area (TPSA) is 0 Å². The Kier molecular flexibility index (Phi) is 27.2. The fraction of sp³-hybridized carbons (Fsp3) is 1.00. The summed E-state index contributed by atoms with van der Waals surface area (Å²) >= 11 is 0. The van der Waals surface area contributed by atoms with E-state index in [1.807, 2.05) is 20.8 Å². The van der Waals surface area contributed by atoms with Crippen LogP contribution in [0, 0.1) is 118 Å². The fourth-order valence-electron chi connectivity index (χ4n) is 14.9. The summed E-state index contributed by atoms with van der Waals surface area (Å²) in [5.74, 6) is -48.8. The smallest absolute Gasteiger partial charge is 0.244 e. The molecule has 546 valence electrons. The van der Waals surface area contributed by atoms with Gasteiger partial charge in [-0.25, -0.2) is 22.0 Å². The lowest BCUT2D eigenvalue weighted by atomic mass is 9.53. The van der Waals surface area contributed by atoms with E-state index in [1.165, 1.54) is 27.7 Å². The molecular weight excluding hydrogens is 1330 g/mol. The number of fused-ring (bicyclic) bond motifs is 1. The molecule has 0 nitrogen and oxygen atoms in total. The van der Waals surface area contributed by atoms with Gasteiger partial charge in [0.1, 0.15) is 24.7 Å². The second kappa shape index (κ2) is 28.6. The first-order valence-corrected chi connectivity index (χ1v) is 28.8. The van der Waals surface area contributed by atoms with Crippen LogP contribution in [-0.4, -0.2) is 97.3 Å². The van der Waals surface area contributed by atoms with Gasteiger partial charge in [0.15, 0.2) is 0 Å². The second-order valence-corrected chi connectivity index (χ2v) is 26.7. The third-order valence-electron chi connectivity index (χ3n) is 20.6. The van der Waals surface area contributed by atoms with E-state index in [4.69, 9.17) is 0 Å². The lowest BCUT2D eigenvalue weighted by molar-refractivity contribution is -0.428. The molecule has 2 bridgehead atoms. The third kappa shape index (κ3) is 17.5. The van der Waals surface area contributed by atoms with Crippen LogP contribution < -0.4 is 0 Å². The zero-order valence-electron chi connectivity index (χ0n) is 50.6. The number of halogens is 34. The summed E-state index contributed by atoms with van der Waals surface area (Å²) < 4.78 is 435. The molecule has 15 unspecified atom stereocenters. The molecule has 0 saturated heterocycles. The van der Waals surface area contributed by atoms with Crippen LogP contribution in [0.2, 0.25) is 0 Å². The lowest BCUT2D eigenvalue weighted by Gasteiger charge is -2.53. The normalized spacial score (nSPS) is 42.8. The molecule has 8 rings (SSSR count). The van der Waals surface area contributed by atoms with Gasteiger partial charge in [-0.1, -0.05) is 90.5 Å². The van der Waals surface area contributed by atoms with Gasteiger partial charge in [-0.15, -0.1) is 0 Å². The van der Waals surface area contributed by atoms with Crippen LogP contribution in [-0.2, 0) is 0 Å². The molecule has 8 saturated carbocycles. The van der Waals surface area contributed by atoms with Crippen LogP contribution in [0.1, 0.15) is 142 Å². The van der Waals surface area contributed by atoms with E-state index in [-0.39, 0.29) is 50.9 Å². The van der Waals surface area contributed by atoms with Gasteiger partial charge in [0.05, 0.1) is 46.8 Å². The summed E-state index contributed by atoms with van der Waals surface area (Å²) in [5, 5.41) is 0. The Bertz CT molecular complexity index is 2100. The Hall–Kier alpha value is -2.38. The van der Waals surface area contributed by atoms with Gasteiger partial charge in [-0.3, -0.25) is 0 Å². The number of hydrogen-bond donors (Lipinski definition) is 0. The first kappa shape index (κ1) is 86.6. The van der Waals surface area contributed by atoms with Gasteiger partial charge in [0.25, 0.3) is 0 Å². The van der Waals surface area contributed by atoms with Gasteiger partial charge in [-0.2, -0.15) is 127 Å². The average Bonchev–Trinajstić information content (AvgIpc) is 1.43. The fourth-order valence-corrected chi connectivity index (χ4v) is 14.9. The van der Waals surface area contributed by atoms with E-state index < -0.39 is 192 Å². The Morgan fingerprint density at radius 3 is 0.824 bits per heavy atom. The zero-order chi connectivity index (χ0) is 71.7. The Balaban J connectivity index is 0.000000551. The minimum absolute atomic E-state index is 0. The Morgan fingerprint density at radius 1 is 0.308 bits per heavy atom. The Labute approximate surface area is 506 Å². The molecule has 91 heavy (non-hydrogen) atoms. The maximum atomic E-state index is 13.1. The molecule has 0 aromatic heterocycles. The van der Waals surface area contributed by atoms with Crippen LogP contribution in [0.15, 0.2) is 0 Å². The summed E-state index contributed by atoms with van der Waals surface area (Å²) in [6.07, 6.45) is -37.2. The molecule has 34 heteroatoms. The second-order valence-electron chi connectivity index (χ2n) is 26.7. The van der Waals surface area contributed by atoms with Crippen molar-refractivity contribution < 1.29 is 149 Å². The summed E-state index contributed by atoms with van der Waals surface area (Å²) in [6, 6.07) is 0. The van der Waals surface area contributed by atoms with E-state index in [1.54, 1.807) is 0 Å². The van der Waals surface area contributed by atoms with Gasteiger partial charge in [0, 0.05) is 11.8 Å². The molecular formula is C57H80F34. The highest BCUT2D eigenvalue weighted by Crippen LogP contribution is 2.71. The van der Waals surface area contributed by atoms with Crippen LogP contribution in [0.3, 0.4) is 0 Å². The molecule has 8 fully saturated rings. The minimum Gasteiger partial charge on any atom is -0.244 e. The van der Waals surface area contributed by atoms with E-state index in [0.717, 1.165) is 40.0 Å². The molecule has 0 spiro atoms. The van der Waals surface area contributed by atoms with Crippen molar-refractivity contribution >= 4 is 0 Å². The van der Waals surface area contributed by atoms with Crippen molar-refractivity contribution in [2.24, 2.45) is 118 Å². The van der Waals surface area contributed by atoms with Crippen molar-refractivity contribution in [2.45, 2.75) is 240 Å². The number of alkyl halides is 34. The first-order chi connectivity index (χ1) is 39.5. The summed E-state index contributed by atoms with van der Waals surface area (Å²) in [6.45, 7) is 13.6. The predicted octanol–water partition coefficient (Wildman–Crippen LogP) is 23.9. The minimum atomic E-state index is -5.90. The molecule has 0 radical (unpaired) electrons. The first-order valence-electron chi connectivity index (χ1n) is 28.8. The van der Waals surface area contributed by atoms with E-state index in [2.05, 4.69) is 0 Å². The van der Waals surface area contributed by atoms with Gasteiger partial charge in [-0.05, 0) is 111 Å². The van der Waals surface area contributed by atoms with Crippen LogP contribution in [0.25, 0.3) is 0 Å². The van der Waals surface area contributed by atoms with Crippen molar-refractivity contribution in [3.05, 3.63) is 0 Å². The monoisotopic (exact) mass is 1410 g/mol. The zero-order valence-corrected chi connectivity index (χ0v) is 50.6. The largest absolute Gasteiger partial charge is 0.394 e. The van der Waals surface area contributed by atoms with Crippen molar-refractivity contribution in [3.63, 3.8) is 0 Å². The molecule has 8 aliphatic rings. The molecule has 8 aliphatic carbocycles. The number of rotatable bonds is 0. The van der Waals surface area contributed by atoms with Crippen LogP contribution in [0.5, 0.6) is 0 Å². The van der Waals surface area contributed by atoms with Gasteiger partial charge < -0.3 is 0 Å². The molecule has 19 atom stereocenters. The molecule has 0 N–H and O–H groups in total. The van der Waals surface area contributed by atoms with Crippen LogP contribution in [0.4, 0.5) is 149 Å². The lowest BCUT2D eigenvalue weighted by Crippen LogP contribution is -2.77. The van der Waals surface area contributed by atoms with Gasteiger partial charge >= 0.3 is 66.9 Å². The van der Waals surface area contributed by atoms with E-state index in [9.17, 15) is 149 Å². The summed E-state index contributed by atoms with van der Waals surface area (Å²) in [5.41, 5.74) is -6.69. The van der Waals surface area contributed by atoms with Gasteiger partial charge in [0.2, 0.25) is 5.67 Å². The van der Waals surface area contributed by atoms with E-state index >= 15 is 0 Å². The third-order valence-corrected chi connectivity index (χ3v) is 20.6. The quantitative estimate of drug-likeness (QED) is 0.212. The standard InChI is InChI=1S/C12H15F9.C10H14F6.C9H13F3.C9H15F3.C8H7F9.C8H12F4.CH4/c1-4-5(2)8(11(16,17)18)9(12(19,20)21)6(3)7(4)10(13,14)15;1-5-3-7(9(11,12)13)6(2)8(4-5)10(14,15)16;1-5-6-3-4-7(5)8(6,2)9(10,11)12;1-6-3-7(2)5-8(4-6)9(10,11)12;1-3-5(10,11)7(14,15)4(2,9)8(16,17)6(3,12)13;1-3-5(9)7(11)4(2)8(12)6(3)10;/h4-9H,1-3H3;5-8H,3-4H2,1-2H3;5-7H,3-4H2,1-2H3;6-8H,3-5H2,1-2H3;3H,1-2H3;3-8H,1-2H3;1H4/t4?,5-,6?,7?,8?,9?;;5?,6-,7+,8?;6-,7?,8?;;;/m1..0.../s1. The predicted molar refractivity (Wildman–Crippen MR) is 267 cm³/mol. The highest BCUT2D eigenvalue weighted by Gasteiger charge is 2.91. The molecule has 0 heterocycles. The van der Waals surface area contributed by atoms with Crippen molar-refractivity contribution in [3.8, 4) is 0 Å². The van der Waals surface area contributed by atoms with E-state index in [0.29, 0.717) is 25.7 Å². The molecule has 0 aromatic carbocycles.